The maximum Gasteiger partial charge on any atom is 0.176 e. The number of benzene rings is 1. The number of nitrogens with one attached hydrogen (secondary N) is 1. The van der Waals surface area contributed by atoms with Crippen LogP contribution in [0.2, 0.25) is 0 Å². The summed E-state index contributed by atoms with van der Waals surface area (Å²) in [7, 11) is 0. The number of aliphatic hydroxyl groups is 5. The summed E-state index contributed by atoms with van der Waals surface area (Å²) in [4.78, 5) is 0. The van der Waals surface area contributed by atoms with Gasteiger partial charge in [0.15, 0.2) is 6.29 Å². The van der Waals surface area contributed by atoms with Crippen LogP contribution in [0, 0.1) is 0 Å². The van der Waals surface area contributed by atoms with Gasteiger partial charge in [-0.3, -0.25) is 0 Å². The third kappa shape index (κ3) is 4.94. The summed E-state index contributed by atoms with van der Waals surface area (Å²) in [5.41, 5.74) is 13.1. The van der Waals surface area contributed by atoms with E-state index in [2.05, 4.69) is 5.32 Å². The smallest absolute Gasteiger partial charge is 0.176 e. The van der Waals surface area contributed by atoms with E-state index in [1.807, 2.05) is 30.3 Å². The zero-order valence-corrected chi connectivity index (χ0v) is 16.0. The van der Waals surface area contributed by atoms with E-state index in [0.717, 1.165) is 5.56 Å². The highest BCUT2D eigenvalue weighted by Gasteiger charge is 2.48. The van der Waals surface area contributed by atoms with Crippen LogP contribution in [0.4, 0.5) is 0 Å². The van der Waals surface area contributed by atoms with Crippen LogP contribution in [0.25, 0.3) is 0 Å². The molecule has 0 aromatic heterocycles. The first-order valence-electron chi connectivity index (χ1n) is 9.76. The van der Waals surface area contributed by atoms with Crippen LogP contribution in [-0.4, -0.2) is 93.2 Å². The lowest BCUT2D eigenvalue weighted by Gasteiger charge is -2.46. The second-order valence-corrected chi connectivity index (χ2v) is 7.74. The largest absolute Gasteiger partial charge is 0.394 e. The minimum atomic E-state index is -1.38. The van der Waals surface area contributed by atoms with Crippen molar-refractivity contribution in [3.8, 4) is 0 Å². The Labute approximate surface area is 169 Å². The quantitative estimate of drug-likeness (QED) is 0.236. The fourth-order valence-corrected chi connectivity index (χ4v) is 3.86. The molecule has 2 aliphatic rings. The lowest BCUT2D eigenvalue weighted by molar-refractivity contribution is -0.294. The molecule has 0 bridgehead atoms. The zero-order valence-electron chi connectivity index (χ0n) is 16.0. The number of nitrogens with two attached hydrogens (primary N) is 2. The van der Waals surface area contributed by atoms with E-state index in [4.69, 9.17) is 20.9 Å². The zero-order chi connectivity index (χ0) is 21.1. The Morgan fingerprint density at radius 1 is 1.00 bits per heavy atom. The Morgan fingerprint density at radius 2 is 1.69 bits per heavy atom. The first-order valence-corrected chi connectivity index (χ1v) is 9.76. The molecule has 1 aromatic rings. The number of ether oxygens (including phenoxy) is 2. The van der Waals surface area contributed by atoms with Crippen molar-refractivity contribution in [1.29, 1.82) is 0 Å². The van der Waals surface area contributed by atoms with Crippen LogP contribution in [0.1, 0.15) is 12.0 Å². The first kappa shape index (κ1) is 22.5. The van der Waals surface area contributed by atoms with Crippen molar-refractivity contribution in [2.24, 2.45) is 11.5 Å². The Morgan fingerprint density at radius 3 is 2.34 bits per heavy atom. The Kier molecular flexibility index (Phi) is 7.57. The van der Waals surface area contributed by atoms with Gasteiger partial charge in [-0.25, -0.2) is 0 Å². The topological polar surface area (TPSA) is 184 Å². The van der Waals surface area contributed by atoms with Crippen LogP contribution >= 0.6 is 0 Å². The third-order valence-electron chi connectivity index (χ3n) is 5.68. The van der Waals surface area contributed by atoms with Crippen molar-refractivity contribution >= 4 is 0 Å². The van der Waals surface area contributed by atoms with Gasteiger partial charge < -0.3 is 51.8 Å². The van der Waals surface area contributed by atoms with Crippen LogP contribution < -0.4 is 16.8 Å². The summed E-state index contributed by atoms with van der Waals surface area (Å²) < 4.78 is 11.1. The van der Waals surface area contributed by atoms with Crippen molar-refractivity contribution in [2.75, 3.05) is 6.61 Å². The van der Waals surface area contributed by atoms with E-state index in [-0.39, 0.29) is 0 Å². The molecule has 10 N–H and O–H groups in total. The molecule has 3 rings (SSSR count). The summed E-state index contributed by atoms with van der Waals surface area (Å²) in [6, 6.07) is 7.43. The lowest BCUT2D eigenvalue weighted by Crippen LogP contribution is -2.67. The number of hydrogen-bond donors (Lipinski definition) is 8. The second-order valence-electron chi connectivity index (χ2n) is 7.74. The molecule has 0 radical (unpaired) electrons. The number of hydrogen-bond acceptors (Lipinski definition) is 10. The SMILES string of the molecule is NC1CC(NCc2ccccc2)[C@@H](O)[C@@H](O)[C@@H]1O[C@H]1OC(CO)[C@@H](O)C(O)[C@@H]1N. The summed E-state index contributed by atoms with van der Waals surface area (Å²) in [6.07, 6.45) is -8.18. The van der Waals surface area contributed by atoms with E-state index in [9.17, 15) is 25.5 Å². The molecule has 1 aliphatic heterocycles. The van der Waals surface area contributed by atoms with Gasteiger partial charge in [0, 0.05) is 18.6 Å². The highest BCUT2D eigenvalue weighted by molar-refractivity contribution is 5.14. The molecule has 1 heterocycles. The van der Waals surface area contributed by atoms with E-state index >= 15 is 0 Å². The average molecular weight is 413 g/mol. The molecule has 164 valence electrons. The van der Waals surface area contributed by atoms with Crippen molar-refractivity contribution in [3.63, 3.8) is 0 Å². The summed E-state index contributed by atoms with van der Waals surface area (Å²) in [5.74, 6) is 0. The predicted molar refractivity (Wildman–Crippen MR) is 102 cm³/mol. The molecular weight excluding hydrogens is 382 g/mol. The predicted octanol–water partition coefficient (Wildman–Crippen LogP) is -3.25. The second kappa shape index (κ2) is 9.75. The van der Waals surface area contributed by atoms with Crippen molar-refractivity contribution in [2.45, 2.75) is 74.0 Å². The molecule has 10 atom stereocenters. The lowest BCUT2D eigenvalue weighted by atomic mass is 9.84. The number of rotatable bonds is 6. The van der Waals surface area contributed by atoms with Crippen LogP contribution in [0.3, 0.4) is 0 Å². The Hall–Kier alpha value is -1.18. The summed E-state index contributed by atoms with van der Waals surface area (Å²) >= 11 is 0. The minimum Gasteiger partial charge on any atom is -0.394 e. The normalized spacial score (nSPS) is 43.3. The monoisotopic (exact) mass is 413 g/mol. The van der Waals surface area contributed by atoms with Gasteiger partial charge in [-0.05, 0) is 12.0 Å². The first-order chi connectivity index (χ1) is 13.8. The standard InChI is InChI=1S/C19H31N3O7/c20-10-6-11(22-7-9-4-2-1-3-5-9)14(24)17(27)18(10)29-19-13(21)16(26)15(25)12(8-23)28-19/h1-5,10-19,22-27H,6-8,20-21H2/t10?,11?,12?,13-,14+,15+,16?,17+,18+,19+/m0/s1. The van der Waals surface area contributed by atoms with Crippen LogP contribution in [0.15, 0.2) is 30.3 Å². The van der Waals surface area contributed by atoms with Gasteiger partial charge in [0.1, 0.15) is 30.5 Å². The summed E-state index contributed by atoms with van der Waals surface area (Å²) in [5, 5.41) is 53.6. The molecule has 0 amide bonds. The third-order valence-corrected chi connectivity index (χ3v) is 5.68. The van der Waals surface area contributed by atoms with Gasteiger partial charge in [-0.2, -0.15) is 0 Å². The van der Waals surface area contributed by atoms with Gasteiger partial charge >= 0.3 is 0 Å². The van der Waals surface area contributed by atoms with E-state index < -0.39 is 67.6 Å². The molecule has 10 nitrogen and oxygen atoms in total. The van der Waals surface area contributed by atoms with Crippen molar-refractivity contribution in [3.05, 3.63) is 35.9 Å². The molecule has 1 saturated carbocycles. The van der Waals surface area contributed by atoms with Crippen LogP contribution in [0.5, 0.6) is 0 Å². The fraction of sp³-hybridized carbons (Fsp3) is 0.684. The number of aliphatic hydroxyl groups excluding tert-OH is 5. The van der Waals surface area contributed by atoms with Gasteiger partial charge in [0.25, 0.3) is 0 Å². The molecule has 0 spiro atoms. The molecular formula is C19H31N3O7. The Bertz CT molecular complexity index is 637. The molecule has 2 fully saturated rings. The van der Waals surface area contributed by atoms with Gasteiger partial charge in [-0.1, -0.05) is 30.3 Å². The van der Waals surface area contributed by atoms with Crippen molar-refractivity contribution < 1.29 is 35.0 Å². The van der Waals surface area contributed by atoms with E-state index in [0.29, 0.717) is 13.0 Å². The fourth-order valence-electron chi connectivity index (χ4n) is 3.86. The highest BCUT2D eigenvalue weighted by Crippen LogP contribution is 2.27. The molecule has 1 aromatic carbocycles. The van der Waals surface area contributed by atoms with Crippen LogP contribution in [-0.2, 0) is 16.0 Å². The van der Waals surface area contributed by atoms with E-state index in [1.165, 1.54) is 0 Å². The van der Waals surface area contributed by atoms with E-state index in [1.54, 1.807) is 0 Å². The maximum absolute atomic E-state index is 10.6. The minimum absolute atomic E-state index is 0.326. The van der Waals surface area contributed by atoms with Gasteiger partial charge in [-0.15, -0.1) is 0 Å². The van der Waals surface area contributed by atoms with Crippen molar-refractivity contribution in [1.82, 2.24) is 5.32 Å². The van der Waals surface area contributed by atoms with Gasteiger partial charge in [0.05, 0.1) is 18.8 Å². The van der Waals surface area contributed by atoms with Gasteiger partial charge in [0.2, 0.25) is 0 Å². The molecule has 10 heteroatoms. The highest BCUT2D eigenvalue weighted by atomic mass is 16.7. The molecule has 1 saturated heterocycles. The average Bonchev–Trinajstić information content (AvgIpc) is 2.73. The Balaban J connectivity index is 1.61. The molecule has 29 heavy (non-hydrogen) atoms. The molecule has 4 unspecified atom stereocenters. The summed E-state index contributed by atoms with van der Waals surface area (Å²) in [6.45, 7) is -0.0371. The maximum atomic E-state index is 10.6. The molecule has 1 aliphatic carbocycles.